The summed E-state index contributed by atoms with van der Waals surface area (Å²) in [6, 6.07) is 13.7. The fourth-order valence-corrected chi connectivity index (χ4v) is 3.99. The van der Waals surface area contributed by atoms with Crippen LogP contribution in [0.25, 0.3) is 5.76 Å². The Morgan fingerprint density at radius 3 is 2.53 bits per heavy atom. The quantitative estimate of drug-likeness (QED) is 0.289. The summed E-state index contributed by atoms with van der Waals surface area (Å²) in [6.45, 7) is 4.39. The van der Waals surface area contributed by atoms with E-state index in [4.69, 9.17) is 13.9 Å². The molecule has 0 bridgehead atoms. The lowest BCUT2D eigenvalue weighted by Crippen LogP contribution is -2.29. The number of likely N-dealkylation sites (tertiary alicyclic amines) is 1. The summed E-state index contributed by atoms with van der Waals surface area (Å²) >= 11 is 0. The van der Waals surface area contributed by atoms with Crippen molar-refractivity contribution in [3.05, 3.63) is 83.3 Å². The number of aliphatic hydroxyl groups is 1. The molecular formula is C26H25NO7. The fourth-order valence-electron chi connectivity index (χ4n) is 3.99. The Morgan fingerprint density at radius 1 is 1.03 bits per heavy atom. The molecule has 1 unspecified atom stereocenters. The molecule has 34 heavy (non-hydrogen) atoms. The number of furan rings is 1. The van der Waals surface area contributed by atoms with E-state index in [0.29, 0.717) is 35.9 Å². The molecule has 0 radical (unpaired) electrons. The van der Waals surface area contributed by atoms with Gasteiger partial charge in [-0.2, -0.15) is 0 Å². The van der Waals surface area contributed by atoms with Crippen molar-refractivity contribution in [1.29, 1.82) is 0 Å². The molecule has 0 saturated carbocycles. The van der Waals surface area contributed by atoms with E-state index >= 15 is 0 Å². The number of phenolic OH excluding ortho intramolecular Hbond substituents is 1. The summed E-state index contributed by atoms with van der Waals surface area (Å²) in [4.78, 5) is 27.6. The van der Waals surface area contributed by atoms with Crippen molar-refractivity contribution in [1.82, 2.24) is 4.90 Å². The molecule has 176 valence electrons. The van der Waals surface area contributed by atoms with E-state index < -0.39 is 17.7 Å². The van der Waals surface area contributed by atoms with Crippen LogP contribution >= 0.6 is 0 Å². The van der Waals surface area contributed by atoms with E-state index in [-0.39, 0.29) is 29.4 Å². The van der Waals surface area contributed by atoms with Gasteiger partial charge in [-0.1, -0.05) is 18.2 Å². The maximum Gasteiger partial charge on any atom is 0.296 e. The number of amides is 1. The van der Waals surface area contributed by atoms with Crippen molar-refractivity contribution in [2.75, 3.05) is 13.2 Å². The lowest BCUT2D eigenvalue weighted by atomic mass is 9.95. The van der Waals surface area contributed by atoms with Crippen molar-refractivity contribution < 1.29 is 33.7 Å². The molecule has 8 nitrogen and oxygen atoms in total. The molecule has 1 atom stereocenters. The summed E-state index contributed by atoms with van der Waals surface area (Å²) in [5.41, 5.74) is 0.767. The number of benzene rings is 2. The van der Waals surface area contributed by atoms with Crippen LogP contribution in [0.3, 0.4) is 0 Å². The van der Waals surface area contributed by atoms with Gasteiger partial charge in [0.05, 0.1) is 37.6 Å². The van der Waals surface area contributed by atoms with Gasteiger partial charge in [0.2, 0.25) is 0 Å². The minimum atomic E-state index is -0.930. The average Bonchev–Trinajstić information content (AvgIpc) is 3.43. The van der Waals surface area contributed by atoms with Crippen LogP contribution in [0.5, 0.6) is 17.2 Å². The zero-order chi connectivity index (χ0) is 24.2. The first-order valence-electron chi connectivity index (χ1n) is 10.9. The summed E-state index contributed by atoms with van der Waals surface area (Å²) in [5.74, 6) is -0.764. The van der Waals surface area contributed by atoms with Crippen LogP contribution in [-0.2, 0) is 16.1 Å². The fraction of sp³-hybridized carbons (Fsp3) is 0.231. The molecule has 0 spiro atoms. The normalized spacial score (nSPS) is 17.2. The molecular weight excluding hydrogens is 438 g/mol. The van der Waals surface area contributed by atoms with Crippen molar-refractivity contribution in [3.8, 4) is 17.2 Å². The van der Waals surface area contributed by atoms with E-state index in [1.165, 1.54) is 17.2 Å². The van der Waals surface area contributed by atoms with Crippen LogP contribution < -0.4 is 9.47 Å². The van der Waals surface area contributed by atoms with Crippen LogP contribution in [0, 0.1) is 0 Å². The summed E-state index contributed by atoms with van der Waals surface area (Å²) in [6.07, 6.45) is 1.48. The Kier molecular flexibility index (Phi) is 6.58. The molecule has 4 rings (SSSR count). The summed E-state index contributed by atoms with van der Waals surface area (Å²) in [5, 5.41) is 21.4. The van der Waals surface area contributed by atoms with Crippen LogP contribution in [0.1, 0.15) is 36.8 Å². The molecule has 2 heterocycles. The van der Waals surface area contributed by atoms with Gasteiger partial charge in [0.1, 0.15) is 17.3 Å². The molecule has 1 amide bonds. The van der Waals surface area contributed by atoms with E-state index in [1.807, 2.05) is 6.92 Å². The molecule has 1 saturated heterocycles. The third kappa shape index (κ3) is 4.34. The van der Waals surface area contributed by atoms with Gasteiger partial charge in [0.15, 0.2) is 11.5 Å². The number of Topliss-reactive ketones (excluding diaryl/α,β-unsaturated/α-hetero) is 1. The molecule has 2 N–H and O–H groups in total. The average molecular weight is 463 g/mol. The van der Waals surface area contributed by atoms with Crippen molar-refractivity contribution in [3.63, 3.8) is 0 Å². The first-order valence-corrected chi connectivity index (χ1v) is 10.9. The monoisotopic (exact) mass is 463 g/mol. The number of ether oxygens (including phenoxy) is 2. The highest BCUT2D eigenvalue weighted by molar-refractivity contribution is 6.46. The van der Waals surface area contributed by atoms with Gasteiger partial charge in [-0.3, -0.25) is 9.59 Å². The highest BCUT2D eigenvalue weighted by Crippen LogP contribution is 2.42. The molecule has 1 fully saturated rings. The number of nitrogens with zero attached hydrogens (tertiary/aromatic N) is 1. The van der Waals surface area contributed by atoms with E-state index in [9.17, 15) is 19.8 Å². The van der Waals surface area contributed by atoms with Crippen LogP contribution in [0.2, 0.25) is 0 Å². The first kappa shape index (κ1) is 23.0. The Morgan fingerprint density at radius 2 is 1.82 bits per heavy atom. The summed E-state index contributed by atoms with van der Waals surface area (Å²) in [7, 11) is 0. The smallest absolute Gasteiger partial charge is 0.296 e. The molecule has 1 aliphatic heterocycles. The Hall–Kier alpha value is -4.20. The number of ketones is 1. The highest BCUT2D eigenvalue weighted by atomic mass is 16.5. The lowest BCUT2D eigenvalue weighted by Gasteiger charge is -2.25. The number of aromatic hydroxyl groups is 1. The van der Waals surface area contributed by atoms with Gasteiger partial charge >= 0.3 is 0 Å². The number of carbonyl (C=O) groups excluding carboxylic acids is 2. The number of phenols is 1. The Bertz CT molecular complexity index is 1230. The van der Waals surface area contributed by atoms with Crippen molar-refractivity contribution >= 4 is 17.4 Å². The minimum Gasteiger partial charge on any atom is -0.507 e. The first-order chi connectivity index (χ1) is 16.4. The third-order valence-corrected chi connectivity index (χ3v) is 5.46. The predicted molar refractivity (Wildman–Crippen MR) is 123 cm³/mol. The predicted octanol–water partition coefficient (Wildman–Crippen LogP) is 4.40. The number of hydrogen-bond donors (Lipinski definition) is 2. The second-order valence-corrected chi connectivity index (χ2v) is 7.63. The van der Waals surface area contributed by atoms with Crippen LogP contribution in [0.4, 0.5) is 0 Å². The number of carbonyl (C=O) groups is 2. The molecule has 1 aliphatic rings. The second-order valence-electron chi connectivity index (χ2n) is 7.63. The molecule has 8 heteroatoms. The van der Waals surface area contributed by atoms with Gasteiger partial charge in [-0.15, -0.1) is 0 Å². The minimum absolute atomic E-state index is 0.0167. The maximum atomic E-state index is 13.2. The van der Waals surface area contributed by atoms with Gasteiger partial charge in [-0.25, -0.2) is 0 Å². The Balaban J connectivity index is 1.87. The maximum absolute atomic E-state index is 13.2. The van der Waals surface area contributed by atoms with Gasteiger partial charge in [0, 0.05) is 5.56 Å². The zero-order valence-electron chi connectivity index (χ0n) is 18.9. The van der Waals surface area contributed by atoms with Crippen molar-refractivity contribution in [2.24, 2.45) is 0 Å². The van der Waals surface area contributed by atoms with Gasteiger partial charge in [0.25, 0.3) is 11.7 Å². The topological polar surface area (TPSA) is 109 Å². The number of hydrogen-bond acceptors (Lipinski definition) is 7. The molecule has 0 aliphatic carbocycles. The zero-order valence-corrected chi connectivity index (χ0v) is 18.9. The molecule has 3 aromatic rings. The van der Waals surface area contributed by atoms with Gasteiger partial charge in [-0.05, 0) is 55.8 Å². The van der Waals surface area contributed by atoms with E-state index in [2.05, 4.69) is 0 Å². The van der Waals surface area contributed by atoms with Crippen molar-refractivity contribution in [2.45, 2.75) is 26.4 Å². The largest absolute Gasteiger partial charge is 0.507 e. The molecule has 2 aromatic carbocycles. The second kappa shape index (κ2) is 9.74. The Labute approximate surface area is 196 Å². The molecule has 1 aromatic heterocycles. The third-order valence-electron chi connectivity index (χ3n) is 5.46. The van der Waals surface area contributed by atoms with E-state index in [1.54, 1.807) is 55.5 Å². The summed E-state index contributed by atoms with van der Waals surface area (Å²) < 4.78 is 16.4. The number of rotatable bonds is 8. The standard InChI is InChI=1S/C26H25NO7/c1-3-32-18-8-5-7-17(13-18)24(29)22-23(16-10-11-20(28)21(14-16)33-4-2)27(26(31)25(22)30)15-19-9-6-12-34-19/h5-14,23,28-29H,3-4,15H2,1-2H3. The lowest BCUT2D eigenvalue weighted by molar-refractivity contribution is -0.140. The van der Waals surface area contributed by atoms with Crippen LogP contribution in [-0.4, -0.2) is 40.0 Å². The van der Waals surface area contributed by atoms with Crippen LogP contribution in [0.15, 0.2) is 70.9 Å². The highest BCUT2D eigenvalue weighted by Gasteiger charge is 2.46. The SMILES string of the molecule is CCOc1cccc(C(O)=C2C(=O)C(=O)N(Cc3ccco3)C2c2ccc(O)c(OCC)c2)c1. The van der Waals surface area contributed by atoms with E-state index in [0.717, 1.165) is 0 Å². The van der Waals surface area contributed by atoms with Gasteiger partial charge < -0.3 is 29.0 Å². The number of aliphatic hydroxyl groups excluding tert-OH is 1.